The Morgan fingerprint density at radius 2 is 1.78 bits per heavy atom. The number of aliphatic hydroxyl groups excluding tert-OH is 2. The van der Waals surface area contributed by atoms with Gasteiger partial charge in [-0.25, -0.2) is 0 Å². The zero-order valence-electron chi connectivity index (χ0n) is 13.5. The van der Waals surface area contributed by atoms with Crippen molar-refractivity contribution in [2.45, 2.75) is 38.8 Å². The highest BCUT2D eigenvalue weighted by molar-refractivity contribution is 5.85. The van der Waals surface area contributed by atoms with Crippen LogP contribution in [0.2, 0.25) is 0 Å². The SMILES string of the molecule is CC(O)c1ccc(-c2ccc(CNCCCCCO)o2)cc1.Cl. The molecule has 2 rings (SSSR count). The van der Waals surface area contributed by atoms with Crippen molar-refractivity contribution in [3.05, 3.63) is 47.7 Å². The third-order valence-electron chi connectivity index (χ3n) is 3.65. The molecule has 0 bridgehead atoms. The summed E-state index contributed by atoms with van der Waals surface area (Å²) in [5, 5.41) is 21.6. The van der Waals surface area contributed by atoms with Gasteiger partial charge >= 0.3 is 0 Å². The van der Waals surface area contributed by atoms with Gasteiger partial charge in [-0.2, -0.15) is 0 Å². The van der Waals surface area contributed by atoms with Crippen molar-refractivity contribution in [3.63, 3.8) is 0 Å². The van der Waals surface area contributed by atoms with Gasteiger partial charge in [0.05, 0.1) is 12.6 Å². The highest BCUT2D eigenvalue weighted by Crippen LogP contribution is 2.24. The second-order valence-electron chi connectivity index (χ2n) is 5.52. The van der Waals surface area contributed by atoms with E-state index >= 15 is 0 Å². The molecule has 0 radical (unpaired) electrons. The van der Waals surface area contributed by atoms with E-state index in [0.717, 1.165) is 48.5 Å². The van der Waals surface area contributed by atoms with Crippen molar-refractivity contribution < 1.29 is 14.6 Å². The maximum absolute atomic E-state index is 9.52. The number of furan rings is 1. The van der Waals surface area contributed by atoms with Crippen LogP contribution < -0.4 is 5.32 Å². The standard InChI is InChI=1S/C18H25NO3.ClH/c1-14(21)15-5-7-16(8-6-15)18-10-9-17(22-18)13-19-11-3-2-4-12-20;/h5-10,14,19-21H,2-4,11-13H2,1H3;1H. The normalized spacial score (nSPS) is 12.0. The molecule has 1 unspecified atom stereocenters. The lowest BCUT2D eigenvalue weighted by atomic mass is 10.1. The second-order valence-corrected chi connectivity index (χ2v) is 5.52. The van der Waals surface area contributed by atoms with Gasteiger partial charge in [0.2, 0.25) is 0 Å². The van der Waals surface area contributed by atoms with Crippen LogP contribution in [-0.2, 0) is 6.54 Å². The molecule has 1 heterocycles. The molecule has 0 aliphatic heterocycles. The van der Waals surface area contributed by atoms with Crippen LogP contribution >= 0.6 is 12.4 Å². The molecule has 128 valence electrons. The van der Waals surface area contributed by atoms with Gasteiger partial charge in [0.25, 0.3) is 0 Å². The summed E-state index contributed by atoms with van der Waals surface area (Å²) in [6, 6.07) is 11.7. The zero-order chi connectivity index (χ0) is 15.8. The Hall–Kier alpha value is -1.33. The van der Waals surface area contributed by atoms with Gasteiger partial charge in [-0.3, -0.25) is 0 Å². The molecule has 0 saturated heterocycles. The summed E-state index contributed by atoms with van der Waals surface area (Å²) in [5.74, 6) is 1.76. The average Bonchev–Trinajstić information content (AvgIpc) is 3.00. The van der Waals surface area contributed by atoms with E-state index in [1.54, 1.807) is 6.92 Å². The summed E-state index contributed by atoms with van der Waals surface area (Å²) in [7, 11) is 0. The van der Waals surface area contributed by atoms with E-state index in [1.807, 2.05) is 36.4 Å². The van der Waals surface area contributed by atoms with Crippen LogP contribution in [0, 0.1) is 0 Å². The number of hydrogen-bond acceptors (Lipinski definition) is 4. The quantitative estimate of drug-likeness (QED) is 0.610. The van der Waals surface area contributed by atoms with E-state index in [-0.39, 0.29) is 19.0 Å². The first kappa shape index (κ1) is 19.7. The summed E-state index contributed by atoms with van der Waals surface area (Å²) in [6.07, 6.45) is 2.53. The van der Waals surface area contributed by atoms with Crippen LogP contribution in [0.1, 0.15) is 43.6 Å². The molecular weight excluding hydrogens is 314 g/mol. The van der Waals surface area contributed by atoms with Gasteiger partial charge in [-0.15, -0.1) is 12.4 Å². The highest BCUT2D eigenvalue weighted by atomic mass is 35.5. The minimum atomic E-state index is -0.448. The van der Waals surface area contributed by atoms with E-state index in [2.05, 4.69) is 5.32 Å². The molecule has 0 saturated carbocycles. The van der Waals surface area contributed by atoms with Gasteiger partial charge in [-0.05, 0) is 50.4 Å². The summed E-state index contributed by atoms with van der Waals surface area (Å²) in [5.41, 5.74) is 1.92. The Kier molecular flexibility index (Phi) is 8.95. The smallest absolute Gasteiger partial charge is 0.134 e. The number of hydrogen-bond donors (Lipinski definition) is 3. The predicted molar refractivity (Wildman–Crippen MR) is 94.7 cm³/mol. The van der Waals surface area contributed by atoms with Crippen molar-refractivity contribution in [2.24, 2.45) is 0 Å². The van der Waals surface area contributed by atoms with Crippen LogP contribution in [-0.4, -0.2) is 23.4 Å². The first-order valence-electron chi connectivity index (χ1n) is 7.89. The highest BCUT2D eigenvalue weighted by Gasteiger charge is 2.06. The van der Waals surface area contributed by atoms with Crippen LogP contribution in [0.5, 0.6) is 0 Å². The number of nitrogens with one attached hydrogen (secondary N) is 1. The fourth-order valence-electron chi connectivity index (χ4n) is 2.30. The lowest BCUT2D eigenvalue weighted by molar-refractivity contribution is 0.199. The predicted octanol–water partition coefficient (Wildman–Crippen LogP) is 3.67. The topological polar surface area (TPSA) is 65.6 Å². The fraction of sp³-hybridized carbons (Fsp3) is 0.444. The molecule has 0 spiro atoms. The van der Waals surface area contributed by atoms with E-state index in [0.29, 0.717) is 6.54 Å². The second kappa shape index (κ2) is 10.4. The van der Waals surface area contributed by atoms with Crippen molar-refractivity contribution in [3.8, 4) is 11.3 Å². The maximum atomic E-state index is 9.52. The number of rotatable bonds is 9. The molecule has 1 atom stereocenters. The number of halogens is 1. The van der Waals surface area contributed by atoms with Gasteiger partial charge < -0.3 is 19.9 Å². The van der Waals surface area contributed by atoms with E-state index in [1.165, 1.54) is 0 Å². The zero-order valence-corrected chi connectivity index (χ0v) is 14.3. The maximum Gasteiger partial charge on any atom is 0.134 e. The van der Waals surface area contributed by atoms with Gasteiger partial charge in [0.15, 0.2) is 0 Å². The van der Waals surface area contributed by atoms with Crippen LogP contribution in [0.25, 0.3) is 11.3 Å². The Labute approximate surface area is 143 Å². The minimum Gasteiger partial charge on any atom is -0.460 e. The lowest BCUT2D eigenvalue weighted by Crippen LogP contribution is -2.14. The average molecular weight is 340 g/mol. The van der Waals surface area contributed by atoms with E-state index in [9.17, 15) is 5.11 Å². The molecule has 3 N–H and O–H groups in total. The monoisotopic (exact) mass is 339 g/mol. The molecule has 2 aromatic rings. The molecule has 0 aliphatic carbocycles. The van der Waals surface area contributed by atoms with Gasteiger partial charge in [0, 0.05) is 12.2 Å². The minimum absolute atomic E-state index is 0. The molecule has 0 fully saturated rings. The lowest BCUT2D eigenvalue weighted by Gasteiger charge is -2.05. The Bertz CT molecular complexity index is 552. The first-order chi connectivity index (χ1) is 10.7. The van der Waals surface area contributed by atoms with Crippen molar-refractivity contribution in [1.29, 1.82) is 0 Å². The summed E-state index contributed by atoms with van der Waals surface area (Å²) in [6.45, 7) is 3.67. The van der Waals surface area contributed by atoms with E-state index in [4.69, 9.17) is 9.52 Å². The Balaban J connectivity index is 0.00000264. The fourth-order valence-corrected chi connectivity index (χ4v) is 2.30. The number of unbranched alkanes of at least 4 members (excludes halogenated alkanes) is 2. The number of aliphatic hydroxyl groups is 2. The molecule has 0 aliphatic rings. The third kappa shape index (κ3) is 6.36. The van der Waals surface area contributed by atoms with Crippen LogP contribution in [0.3, 0.4) is 0 Å². The van der Waals surface area contributed by atoms with Crippen molar-refractivity contribution in [1.82, 2.24) is 5.32 Å². The molecule has 5 heteroatoms. The summed E-state index contributed by atoms with van der Waals surface area (Å²) in [4.78, 5) is 0. The van der Waals surface area contributed by atoms with Crippen molar-refractivity contribution >= 4 is 12.4 Å². The largest absolute Gasteiger partial charge is 0.460 e. The Morgan fingerprint density at radius 1 is 1.04 bits per heavy atom. The molecule has 23 heavy (non-hydrogen) atoms. The van der Waals surface area contributed by atoms with Crippen LogP contribution in [0.15, 0.2) is 40.8 Å². The van der Waals surface area contributed by atoms with Crippen molar-refractivity contribution in [2.75, 3.05) is 13.2 Å². The molecular formula is C18H26ClNO3. The van der Waals surface area contributed by atoms with Gasteiger partial charge in [-0.1, -0.05) is 24.3 Å². The third-order valence-corrected chi connectivity index (χ3v) is 3.65. The summed E-state index contributed by atoms with van der Waals surface area (Å²) < 4.78 is 5.83. The van der Waals surface area contributed by atoms with Crippen LogP contribution in [0.4, 0.5) is 0 Å². The Morgan fingerprint density at radius 3 is 2.43 bits per heavy atom. The molecule has 4 nitrogen and oxygen atoms in total. The van der Waals surface area contributed by atoms with E-state index < -0.39 is 6.10 Å². The first-order valence-corrected chi connectivity index (χ1v) is 7.89. The van der Waals surface area contributed by atoms with Gasteiger partial charge in [0.1, 0.15) is 11.5 Å². The molecule has 0 amide bonds. The molecule has 1 aromatic carbocycles. The summed E-state index contributed by atoms with van der Waals surface area (Å²) >= 11 is 0. The number of benzene rings is 1. The molecule has 1 aromatic heterocycles.